The van der Waals surface area contributed by atoms with Crippen molar-refractivity contribution in [2.75, 3.05) is 24.5 Å². The average molecular weight is 340 g/mol. The van der Waals surface area contributed by atoms with Gasteiger partial charge in [-0.2, -0.15) is 0 Å². The molecule has 2 aliphatic heterocycles. The third-order valence-electron chi connectivity index (χ3n) is 5.39. The maximum absolute atomic E-state index is 12.8. The van der Waals surface area contributed by atoms with Gasteiger partial charge in [0.1, 0.15) is 5.69 Å². The zero-order chi connectivity index (χ0) is 17.6. The second kappa shape index (κ2) is 6.13. The van der Waals surface area contributed by atoms with E-state index >= 15 is 0 Å². The summed E-state index contributed by atoms with van der Waals surface area (Å²) >= 11 is 0. The Balaban J connectivity index is 1.55. The van der Waals surface area contributed by atoms with Gasteiger partial charge in [0.15, 0.2) is 0 Å². The summed E-state index contributed by atoms with van der Waals surface area (Å²) in [7, 11) is 1.86. The maximum atomic E-state index is 12.8. The Hall–Kier alpha value is -2.44. The van der Waals surface area contributed by atoms with Gasteiger partial charge in [-0.3, -0.25) is 4.79 Å². The maximum Gasteiger partial charge on any atom is 0.272 e. The first-order chi connectivity index (χ1) is 12.1. The predicted octanol–water partition coefficient (Wildman–Crippen LogP) is 1.43. The molecule has 0 bridgehead atoms. The lowest BCUT2D eigenvalue weighted by molar-refractivity contribution is 0.0774. The minimum absolute atomic E-state index is 0.0637. The fourth-order valence-corrected chi connectivity index (χ4v) is 4.03. The minimum Gasteiger partial charge on any atom is -0.336 e. The fraction of sp³-hybridized carbons (Fsp3) is 0.556. The lowest BCUT2D eigenvalue weighted by atomic mass is 10.1. The molecule has 25 heavy (non-hydrogen) atoms. The largest absolute Gasteiger partial charge is 0.336 e. The third kappa shape index (κ3) is 2.77. The van der Waals surface area contributed by atoms with Crippen molar-refractivity contribution in [3.63, 3.8) is 0 Å². The summed E-state index contributed by atoms with van der Waals surface area (Å²) in [6.07, 6.45) is 5.30. The van der Waals surface area contributed by atoms with Crippen molar-refractivity contribution in [1.82, 2.24) is 24.4 Å². The van der Waals surface area contributed by atoms with Crippen molar-refractivity contribution < 1.29 is 4.79 Å². The van der Waals surface area contributed by atoms with Crippen molar-refractivity contribution in [3.8, 4) is 0 Å². The van der Waals surface area contributed by atoms with Gasteiger partial charge in [-0.15, -0.1) is 0 Å². The molecule has 132 valence electrons. The Morgan fingerprint density at radius 2 is 2.16 bits per heavy atom. The Kier molecular flexibility index (Phi) is 3.94. The molecule has 2 aromatic heterocycles. The molecule has 2 aliphatic rings. The van der Waals surface area contributed by atoms with Crippen LogP contribution in [0.25, 0.3) is 0 Å². The van der Waals surface area contributed by atoms with Gasteiger partial charge in [0.25, 0.3) is 5.91 Å². The predicted molar refractivity (Wildman–Crippen MR) is 94.5 cm³/mol. The van der Waals surface area contributed by atoms with E-state index in [1.807, 2.05) is 24.9 Å². The van der Waals surface area contributed by atoms with Gasteiger partial charge in [0.2, 0.25) is 5.95 Å². The molecule has 1 amide bonds. The van der Waals surface area contributed by atoms with E-state index in [0.29, 0.717) is 17.7 Å². The van der Waals surface area contributed by atoms with Crippen molar-refractivity contribution in [3.05, 3.63) is 35.7 Å². The number of rotatable bonds is 3. The Labute approximate surface area is 147 Å². The van der Waals surface area contributed by atoms with Crippen LogP contribution >= 0.6 is 0 Å². The fourth-order valence-electron chi connectivity index (χ4n) is 4.03. The average Bonchev–Trinajstić information content (AvgIpc) is 3.28. The number of hydrogen-bond acceptors (Lipinski definition) is 5. The van der Waals surface area contributed by atoms with Gasteiger partial charge in [0, 0.05) is 44.0 Å². The molecule has 0 aromatic carbocycles. The lowest BCUT2D eigenvalue weighted by Gasteiger charge is -2.25. The molecule has 2 saturated heterocycles. The van der Waals surface area contributed by atoms with E-state index in [0.717, 1.165) is 49.8 Å². The van der Waals surface area contributed by atoms with Gasteiger partial charge in [-0.1, -0.05) is 6.92 Å². The zero-order valence-electron chi connectivity index (χ0n) is 15.0. The molecule has 2 fully saturated rings. The summed E-state index contributed by atoms with van der Waals surface area (Å²) in [4.78, 5) is 30.5. The highest BCUT2D eigenvalue weighted by Crippen LogP contribution is 2.34. The van der Waals surface area contributed by atoms with Crippen molar-refractivity contribution in [1.29, 1.82) is 0 Å². The van der Waals surface area contributed by atoms with Crippen molar-refractivity contribution in [2.45, 2.75) is 32.7 Å². The molecule has 2 aromatic rings. The summed E-state index contributed by atoms with van der Waals surface area (Å²) in [5.74, 6) is 1.37. The molecule has 0 spiro atoms. The molecule has 0 N–H and O–H groups in total. The van der Waals surface area contributed by atoms with Crippen LogP contribution in [0.4, 0.5) is 5.95 Å². The number of nitrogens with zero attached hydrogens (tertiary/aromatic N) is 6. The highest BCUT2D eigenvalue weighted by Gasteiger charge is 2.44. The Morgan fingerprint density at radius 3 is 2.88 bits per heavy atom. The molecule has 0 aliphatic carbocycles. The number of fused-ring (bicyclic) bond motifs is 1. The smallest absolute Gasteiger partial charge is 0.272 e. The molecule has 0 unspecified atom stereocenters. The van der Waals surface area contributed by atoms with Crippen LogP contribution < -0.4 is 4.90 Å². The molecule has 7 nitrogen and oxygen atoms in total. The highest BCUT2D eigenvalue weighted by molar-refractivity contribution is 5.92. The zero-order valence-corrected chi connectivity index (χ0v) is 15.0. The number of amides is 1. The normalized spacial score (nSPS) is 22.5. The number of carbonyl (C=O) groups is 1. The van der Waals surface area contributed by atoms with Gasteiger partial charge in [-0.25, -0.2) is 15.0 Å². The molecular formula is C18H24N6O. The standard InChI is InChI=1S/C18H24N6O/c1-4-14-7-12(2)20-18(21-14)24-6-5-13-9-23(10-16(13)24)17(25)15-8-19-11-22(15)3/h7-8,11,13,16H,4-6,9-10H2,1-3H3/t13-,16+/m1/s1. The van der Waals surface area contributed by atoms with Crippen LogP contribution in [0, 0.1) is 12.8 Å². The minimum atomic E-state index is 0.0637. The number of imidazole rings is 1. The Bertz CT molecular complexity index is 801. The number of aryl methyl sites for hydroxylation is 3. The van der Waals surface area contributed by atoms with E-state index < -0.39 is 0 Å². The van der Waals surface area contributed by atoms with Crippen LogP contribution in [0.5, 0.6) is 0 Å². The van der Waals surface area contributed by atoms with Crippen molar-refractivity contribution >= 4 is 11.9 Å². The van der Waals surface area contributed by atoms with Gasteiger partial charge >= 0.3 is 0 Å². The number of likely N-dealkylation sites (tertiary alicyclic amines) is 1. The highest BCUT2D eigenvalue weighted by atomic mass is 16.2. The quantitative estimate of drug-likeness (QED) is 0.846. The van der Waals surface area contributed by atoms with Gasteiger partial charge < -0.3 is 14.4 Å². The number of anilines is 1. The number of carbonyl (C=O) groups excluding carboxylic acids is 1. The van der Waals surface area contributed by atoms with E-state index in [2.05, 4.69) is 21.8 Å². The summed E-state index contributed by atoms with van der Waals surface area (Å²) in [6, 6.07) is 2.35. The molecule has 0 saturated carbocycles. The summed E-state index contributed by atoms with van der Waals surface area (Å²) in [6.45, 7) is 6.63. The molecule has 2 atom stereocenters. The SMILES string of the molecule is CCc1cc(C)nc(N2CC[C@@H]3CN(C(=O)c4cncn4C)C[C@@H]32)n1. The second-order valence-corrected chi connectivity index (χ2v) is 7.06. The van der Waals surface area contributed by atoms with Crippen LogP contribution in [-0.4, -0.2) is 56.0 Å². The molecule has 0 radical (unpaired) electrons. The summed E-state index contributed by atoms with van der Waals surface area (Å²) in [5, 5.41) is 0. The van der Waals surface area contributed by atoms with Crippen LogP contribution in [0.1, 0.15) is 35.2 Å². The van der Waals surface area contributed by atoms with E-state index in [-0.39, 0.29) is 5.91 Å². The first-order valence-corrected chi connectivity index (χ1v) is 8.93. The Morgan fingerprint density at radius 1 is 1.32 bits per heavy atom. The molecule has 4 heterocycles. The van der Waals surface area contributed by atoms with Crippen molar-refractivity contribution in [2.24, 2.45) is 13.0 Å². The van der Waals surface area contributed by atoms with Crippen LogP contribution in [0.2, 0.25) is 0 Å². The summed E-state index contributed by atoms with van der Waals surface area (Å²) in [5.41, 5.74) is 2.73. The van der Waals surface area contributed by atoms with E-state index in [1.54, 1.807) is 17.1 Å². The monoisotopic (exact) mass is 340 g/mol. The van der Waals surface area contributed by atoms with Crippen LogP contribution in [0.3, 0.4) is 0 Å². The number of hydrogen-bond donors (Lipinski definition) is 0. The van der Waals surface area contributed by atoms with E-state index in [4.69, 9.17) is 4.98 Å². The third-order valence-corrected chi connectivity index (χ3v) is 5.39. The van der Waals surface area contributed by atoms with Gasteiger partial charge in [0.05, 0.1) is 18.6 Å². The first kappa shape index (κ1) is 16.1. The number of aromatic nitrogens is 4. The first-order valence-electron chi connectivity index (χ1n) is 8.93. The molecular weight excluding hydrogens is 316 g/mol. The van der Waals surface area contributed by atoms with Gasteiger partial charge in [-0.05, 0) is 25.8 Å². The topological polar surface area (TPSA) is 67.2 Å². The van der Waals surface area contributed by atoms with Crippen LogP contribution in [0.15, 0.2) is 18.6 Å². The second-order valence-electron chi connectivity index (χ2n) is 7.06. The van der Waals surface area contributed by atoms with E-state index in [9.17, 15) is 4.79 Å². The molecule has 7 heteroatoms. The van der Waals surface area contributed by atoms with Crippen LogP contribution in [-0.2, 0) is 13.5 Å². The molecule has 4 rings (SSSR count). The summed E-state index contributed by atoms with van der Waals surface area (Å²) < 4.78 is 1.78. The lowest BCUT2D eigenvalue weighted by Crippen LogP contribution is -2.38. The van der Waals surface area contributed by atoms with E-state index in [1.165, 1.54) is 0 Å².